The van der Waals surface area contributed by atoms with E-state index in [2.05, 4.69) is 13.5 Å². The average molecular weight is 123 g/mol. The molecule has 1 heteroatoms. The molecule has 50 valence electrons. The fraction of sp³-hybridized carbons (Fsp3) is 0.250. The number of rotatable bonds is 3. The van der Waals surface area contributed by atoms with Gasteiger partial charge in [0.25, 0.3) is 0 Å². The average Bonchev–Trinajstić information content (AvgIpc) is 1.91. The van der Waals surface area contributed by atoms with E-state index in [1.54, 1.807) is 12.3 Å². The summed E-state index contributed by atoms with van der Waals surface area (Å²) in [7, 11) is 0. The summed E-state index contributed by atoms with van der Waals surface area (Å²) in [5.41, 5.74) is 6.41. The third-order valence-electron chi connectivity index (χ3n) is 1.07. The van der Waals surface area contributed by atoms with Crippen LogP contribution in [0.25, 0.3) is 0 Å². The molecule has 0 aromatic rings. The molecule has 0 atom stereocenters. The van der Waals surface area contributed by atoms with Gasteiger partial charge in [0.15, 0.2) is 0 Å². The third-order valence-corrected chi connectivity index (χ3v) is 1.07. The number of hydrogen-bond acceptors (Lipinski definition) is 1. The minimum atomic E-state index is 0.973. The third kappa shape index (κ3) is 3.59. The normalized spacial score (nSPS) is 12.3. The van der Waals surface area contributed by atoms with Crippen LogP contribution in [-0.2, 0) is 0 Å². The van der Waals surface area contributed by atoms with E-state index in [0.29, 0.717) is 0 Å². The van der Waals surface area contributed by atoms with Gasteiger partial charge in [0.1, 0.15) is 0 Å². The molecule has 0 aliphatic heterocycles. The van der Waals surface area contributed by atoms with Gasteiger partial charge in [-0.15, -0.1) is 0 Å². The van der Waals surface area contributed by atoms with Crippen LogP contribution in [0.5, 0.6) is 0 Å². The first-order valence-electron chi connectivity index (χ1n) is 3.05. The fourth-order valence-electron chi connectivity index (χ4n) is 0.483. The van der Waals surface area contributed by atoms with Crippen LogP contribution in [-0.4, -0.2) is 0 Å². The Kier molecular flexibility index (Phi) is 4.60. The topological polar surface area (TPSA) is 26.0 Å². The zero-order valence-corrected chi connectivity index (χ0v) is 5.80. The molecule has 0 amide bonds. The molecule has 0 spiro atoms. The molecule has 0 rings (SSSR count). The first-order valence-corrected chi connectivity index (χ1v) is 3.05. The number of hydrogen-bond donors (Lipinski definition) is 1. The lowest BCUT2D eigenvalue weighted by Crippen LogP contribution is -1.82. The molecule has 0 aliphatic rings. The second kappa shape index (κ2) is 5.16. The van der Waals surface area contributed by atoms with Crippen molar-refractivity contribution in [2.45, 2.75) is 13.3 Å². The van der Waals surface area contributed by atoms with Crippen molar-refractivity contribution in [2.75, 3.05) is 0 Å². The molecule has 0 saturated carbocycles. The van der Waals surface area contributed by atoms with Crippen molar-refractivity contribution < 1.29 is 0 Å². The van der Waals surface area contributed by atoms with Crippen LogP contribution in [0.1, 0.15) is 13.3 Å². The van der Waals surface area contributed by atoms with E-state index in [1.807, 2.05) is 12.2 Å². The maximum absolute atomic E-state index is 5.28. The van der Waals surface area contributed by atoms with E-state index in [-0.39, 0.29) is 0 Å². The lowest BCUT2D eigenvalue weighted by atomic mass is 10.2. The standard InChI is InChI=1S/C8H13N/c1-3-5-6-8(4-2)7-9/h3,5-7H,1,4,9H2,2H3/b6-5-,8-7+. The largest absolute Gasteiger partial charge is 0.404 e. The Balaban J connectivity index is 3.84. The molecular formula is C8H13N. The van der Waals surface area contributed by atoms with E-state index in [0.717, 1.165) is 12.0 Å². The number of nitrogens with two attached hydrogens (primary N) is 1. The summed E-state index contributed by atoms with van der Waals surface area (Å²) < 4.78 is 0. The van der Waals surface area contributed by atoms with Gasteiger partial charge in [-0.3, -0.25) is 0 Å². The summed E-state index contributed by atoms with van der Waals surface area (Å²) in [5.74, 6) is 0. The zero-order valence-electron chi connectivity index (χ0n) is 5.80. The molecule has 0 aliphatic carbocycles. The minimum absolute atomic E-state index is 0.973. The molecule has 0 radical (unpaired) electrons. The summed E-state index contributed by atoms with van der Waals surface area (Å²) in [6, 6.07) is 0. The Bertz CT molecular complexity index is 132. The predicted octanol–water partition coefficient (Wildman–Crippen LogP) is 1.98. The van der Waals surface area contributed by atoms with Crippen LogP contribution in [0.15, 0.2) is 36.6 Å². The summed E-state index contributed by atoms with van der Waals surface area (Å²) >= 11 is 0. The van der Waals surface area contributed by atoms with Gasteiger partial charge in [0.05, 0.1) is 0 Å². The maximum atomic E-state index is 5.28. The monoisotopic (exact) mass is 123 g/mol. The highest BCUT2D eigenvalue weighted by Gasteiger charge is 1.80. The second-order valence-corrected chi connectivity index (χ2v) is 1.69. The van der Waals surface area contributed by atoms with Crippen molar-refractivity contribution >= 4 is 0 Å². The Morgan fingerprint density at radius 2 is 2.33 bits per heavy atom. The SMILES string of the molecule is C=C/C=C\C(=C\N)CC. The van der Waals surface area contributed by atoms with Crippen LogP contribution in [0.4, 0.5) is 0 Å². The Morgan fingerprint density at radius 1 is 1.67 bits per heavy atom. The summed E-state index contributed by atoms with van der Waals surface area (Å²) in [5, 5.41) is 0. The van der Waals surface area contributed by atoms with Crippen LogP contribution in [0.2, 0.25) is 0 Å². The van der Waals surface area contributed by atoms with E-state index in [4.69, 9.17) is 5.73 Å². The quantitative estimate of drug-likeness (QED) is 0.570. The van der Waals surface area contributed by atoms with Gasteiger partial charge in [-0.25, -0.2) is 0 Å². The van der Waals surface area contributed by atoms with E-state index in [1.165, 1.54) is 0 Å². The molecule has 0 fully saturated rings. The summed E-state index contributed by atoms with van der Waals surface area (Å²) in [4.78, 5) is 0. The summed E-state index contributed by atoms with van der Waals surface area (Å²) in [6.07, 6.45) is 8.15. The first-order chi connectivity index (χ1) is 4.35. The molecular weight excluding hydrogens is 110 g/mol. The second-order valence-electron chi connectivity index (χ2n) is 1.69. The van der Waals surface area contributed by atoms with Crippen molar-refractivity contribution in [3.05, 3.63) is 36.6 Å². The van der Waals surface area contributed by atoms with Gasteiger partial charge in [-0.2, -0.15) is 0 Å². The molecule has 9 heavy (non-hydrogen) atoms. The Hall–Kier alpha value is -0.980. The van der Waals surface area contributed by atoms with Crippen LogP contribution in [0, 0.1) is 0 Å². The van der Waals surface area contributed by atoms with Crippen molar-refractivity contribution in [2.24, 2.45) is 5.73 Å². The minimum Gasteiger partial charge on any atom is -0.404 e. The van der Waals surface area contributed by atoms with Gasteiger partial charge < -0.3 is 5.73 Å². The Labute approximate surface area is 56.6 Å². The Morgan fingerprint density at radius 3 is 2.67 bits per heavy atom. The lowest BCUT2D eigenvalue weighted by Gasteiger charge is -1.90. The van der Waals surface area contributed by atoms with Gasteiger partial charge in [0.2, 0.25) is 0 Å². The molecule has 0 unspecified atom stereocenters. The molecule has 0 bridgehead atoms. The van der Waals surface area contributed by atoms with Crippen LogP contribution >= 0.6 is 0 Å². The molecule has 0 aromatic carbocycles. The van der Waals surface area contributed by atoms with Gasteiger partial charge >= 0.3 is 0 Å². The highest BCUT2D eigenvalue weighted by Crippen LogP contribution is 1.98. The molecule has 0 heterocycles. The van der Waals surface area contributed by atoms with Crippen molar-refractivity contribution in [3.8, 4) is 0 Å². The number of allylic oxidation sites excluding steroid dienone is 4. The van der Waals surface area contributed by atoms with Crippen molar-refractivity contribution in [1.82, 2.24) is 0 Å². The summed E-state index contributed by atoms with van der Waals surface area (Å²) in [6.45, 7) is 5.61. The van der Waals surface area contributed by atoms with Gasteiger partial charge in [-0.1, -0.05) is 31.7 Å². The first kappa shape index (κ1) is 8.02. The molecule has 0 saturated heterocycles. The van der Waals surface area contributed by atoms with Crippen molar-refractivity contribution in [1.29, 1.82) is 0 Å². The van der Waals surface area contributed by atoms with E-state index < -0.39 is 0 Å². The molecule has 2 N–H and O–H groups in total. The van der Waals surface area contributed by atoms with Crippen molar-refractivity contribution in [3.63, 3.8) is 0 Å². The maximum Gasteiger partial charge on any atom is -0.00298 e. The van der Waals surface area contributed by atoms with Gasteiger partial charge in [0, 0.05) is 0 Å². The highest BCUT2D eigenvalue weighted by molar-refractivity contribution is 5.19. The lowest BCUT2D eigenvalue weighted by molar-refractivity contribution is 1.14. The smallest absolute Gasteiger partial charge is 0.00298 e. The van der Waals surface area contributed by atoms with Crippen LogP contribution < -0.4 is 5.73 Å². The van der Waals surface area contributed by atoms with E-state index >= 15 is 0 Å². The van der Waals surface area contributed by atoms with E-state index in [9.17, 15) is 0 Å². The molecule has 0 aromatic heterocycles. The molecule has 1 nitrogen and oxygen atoms in total. The zero-order chi connectivity index (χ0) is 7.11. The fourth-order valence-corrected chi connectivity index (χ4v) is 0.483. The van der Waals surface area contributed by atoms with Gasteiger partial charge in [-0.05, 0) is 18.2 Å². The highest BCUT2D eigenvalue weighted by atomic mass is 14.5. The predicted molar refractivity (Wildman–Crippen MR) is 41.9 cm³/mol. The van der Waals surface area contributed by atoms with Crippen LogP contribution in [0.3, 0.4) is 0 Å².